The maximum atomic E-state index is 5.11. The van der Waals surface area contributed by atoms with Gasteiger partial charge in [-0.2, -0.15) is 0 Å². The molecule has 5 rings (SSSR count). The van der Waals surface area contributed by atoms with Crippen LogP contribution in [0.5, 0.6) is 0 Å². The number of benzene rings is 4. The molecule has 0 bridgehead atoms. The molecular weight excluding hydrogens is 388 g/mol. The van der Waals surface area contributed by atoms with E-state index in [9.17, 15) is 0 Å². The van der Waals surface area contributed by atoms with Gasteiger partial charge in [-0.1, -0.05) is 118 Å². The van der Waals surface area contributed by atoms with Crippen molar-refractivity contribution in [3.8, 4) is 11.4 Å². The molecular formula is C30H28N2. The number of aromatic nitrogens is 2. The highest BCUT2D eigenvalue weighted by molar-refractivity contribution is 5.81. The van der Waals surface area contributed by atoms with E-state index in [-0.39, 0.29) is 11.5 Å². The predicted molar refractivity (Wildman–Crippen MR) is 134 cm³/mol. The Labute approximate surface area is 190 Å². The molecule has 0 aliphatic heterocycles. The molecule has 2 nitrogen and oxygen atoms in total. The maximum absolute atomic E-state index is 5.11. The van der Waals surface area contributed by atoms with E-state index in [1.54, 1.807) is 0 Å². The van der Waals surface area contributed by atoms with E-state index in [0.29, 0.717) is 0 Å². The molecule has 5 aromatic rings. The standard InChI is InChI=1S/C30H28N2/c1-30(2,3)25-20-18-24(19-21-25)29-31-26-16-10-11-17-27(26)32(29)28(22-12-6-4-7-13-22)23-14-8-5-9-15-23/h4-21,28H,1-3H3. The first-order chi connectivity index (χ1) is 15.5. The van der Waals surface area contributed by atoms with Crippen LogP contribution in [-0.4, -0.2) is 9.55 Å². The lowest BCUT2D eigenvalue weighted by Crippen LogP contribution is -2.14. The van der Waals surface area contributed by atoms with Gasteiger partial charge >= 0.3 is 0 Å². The van der Waals surface area contributed by atoms with Crippen LogP contribution in [0.1, 0.15) is 43.5 Å². The van der Waals surface area contributed by atoms with Gasteiger partial charge in [0.25, 0.3) is 0 Å². The summed E-state index contributed by atoms with van der Waals surface area (Å²) in [7, 11) is 0. The van der Waals surface area contributed by atoms with E-state index in [1.807, 2.05) is 0 Å². The zero-order chi connectivity index (χ0) is 22.1. The minimum atomic E-state index is 0.0297. The van der Waals surface area contributed by atoms with Gasteiger partial charge in [0.05, 0.1) is 17.1 Å². The minimum Gasteiger partial charge on any atom is -0.312 e. The number of hydrogen-bond acceptors (Lipinski definition) is 1. The van der Waals surface area contributed by atoms with Crippen molar-refractivity contribution in [2.45, 2.75) is 32.2 Å². The first-order valence-corrected chi connectivity index (χ1v) is 11.2. The van der Waals surface area contributed by atoms with Crippen molar-refractivity contribution < 1.29 is 0 Å². The van der Waals surface area contributed by atoms with Crippen LogP contribution < -0.4 is 0 Å². The molecule has 4 aromatic carbocycles. The monoisotopic (exact) mass is 416 g/mol. The molecule has 32 heavy (non-hydrogen) atoms. The summed E-state index contributed by atoms with van der Waals surface area (Å²) in [6, 6.07) is 38.8. The highest BCUT2D eigenvalue weighted by Gasteiger charge is 2.23. The summed E-state index contributed by atoms with van der Waals surface area (Å²) in [5.41, 5.74) is 7.22. The highest BCUT2D eigenvalue weighted by Crippen LogP contribution is 2.36. The summed E-state index contributed by atoms with van der Waals surface area (Å²) in [5.74, 6) is 0.990. The van der Waals surface area contributed by atoms with Crippen LogP contribution >= 0.6 is 0 Å². The van der Waals surface area contributed by atoms with Crippen molar-refractivity contribution in [2.75, 3.05) is 0 Å². The summed E-state index contributed by atoms with van der Waals surface area (Å²) in [6.45, 7) is 6.74. The largest absolute Gasteiger partial charge is 0.312 e. The van der Waals surface area contributed by atoms with E-state index in [1.165, 1.54) is 16.7 Å². The molecule has 0 fully saturated rings. The highest BCUT2D eigenvalue weighted by atomic mass is 15.1. The van der Waals surface area contributed by atoms with Crippen molar-refractivity contribution in [1.82, 2.24) is 9.55 Å². The fraction of sp³-hybridized carbons (Fsp3) is 0.167. The smallest absolute Gasteiger partial charge is 0.141 e. The van der Waals surface area contributed by atoms with Crippen molar-refractivity contribution in [3.63, 3.8) is 0 Å². The fourth-order valence-electron chi connectivity index (χ4n) is 4.39. The lowest BCUT2D eigenvalue weighted by Gasteiger charge is -2.24. The summed E-state index contributed by atoms with van der Waals surface area (Å²) in [6.07, 6.45) is 0. The minimum absolute atomic E-state index is 0.0297. The molecule has 1 heterocycles. The van der Waals surface area contributed by atoms with Gasteiger partial charge in [-0.25, -0.2) is 4.98 Å². The topological polar surface area (TPSA) is 17.8 Å². The zero-order valence-corrected chi connectivity index (χ0v) is 18.9. The molecule has 0 saturated heterocycles. The number of fused-ring (bicyclic) bond motifs is 1. The lowest BCUT2D eigenvalue weighted by atomic mass is 9.86. The molecule has 0 amide bonds. The van der Waals surface area contributed by atoms with Crippen LogP contribution in [0.15, 0.2) is 109 Å². The molecule has 0 atom stereocenters. The Bertz CT molecular complexity index is 1290. The number of hydrogen-bond donors (Lipinski definition) is 0. The molecule has 0 spiro atoms. The summed E-state index contributed by atoms with van der Waals surface area (Å²) >= 11 is 0. The van der Waals surface area contributed by atoms with Gasteiger partial charge in [0.1, 0.15) is 5.82 Å². The Balaban J connectivity index is 1.77. The zero-order valence-electron chi connectivity index (χ0n) is 18.9. The van der Waals surface area contributed by atoms with Crippen LogP contribution in [0.3, 0.4) is 0 Å². The number of rotatable bonds is 4. The fourth-order valence-corrected chi connectivity index (χ4v) is 4.39. The van der Waals surface area contributed by atoms with Gasteiger partial charge in [-0.3, -0.25) is 0 Å². The number of nitrogens with zero attached hydrogens (tertiary/aromatic N) is 2. The predicted octanol–water partition coefficient (Wildman–Crippen LogP) is 7.64. The quantitative estimate of drug-likeness (QED) is 0.294. The van der Waals surface area contributed by atoms with Gasteiger partial charge < -0.3 is 4.57 Å². The summed E-state index contributed by atoms with van der Waals surface area (Å²) in [5, 5.41) is 0. The Hall–Kier alpha value is -3.65. The SMILES string of the molecule is CC(C)(C)c1ccc(-c2nc3ccccc3n2C(c2ccccc2)c2ccccc2)cc1. The molecule has 0 aliphatic carbocycles. The average molecular weight is 417 g/mol. The second-order valence-corrected chi connectivity index (χ2v) is 9.35. The molecule has 0 radical (unpaired) electrons. The second kappa shape index (κ2) is 8.12. The molecule has 2 heteroatoms. The van der Waals surface area contributed by atoms with Gasteiger partial charge in [0.15, 0.2) is 0 Å². The van der Waals surface area contributed by atoms with Crippen LogP contribution in [0.2, 0.25) is 0 Å². The van der Waals surface area contributed by atoms with Crippen LogP contribution in [-0.2, 0) is 5.41 Å². The van der Waals surface area contributed by atoms with Crippen molar-refractivity contribution in [1.29, 1.82) is 0 Å². The van der Waals surface area contributed by atoms with Gasteiger partial charge in [-0.05, 0) is 34.2 Å². The van der Waals surface area contributed by atoms with Crippen molar-refractivity contribution >= 4 is 11.0 Å². The Morgan fingerprint density at radius 1 is 0.625 bits per heavy atom. The van der Waals surface area contributed by atoms with Gasteiger partial charge in [0.2, 0.25) is 0 Å². The third-order valence-corrected chi connectivity index (χ3v) is 6.09. The van der Waals surface area contributed by atoms with Gasteiger partial charge in [0, 0.05) is 5.56 Å². The molecule has 0 N–H and O–H groups in total. The first kappa shape index (κ1) is 20.3. The molecule has 0 aliphatic rings. The molecule has 158 valence electrons. The normalized spacial score (nSPS) is 11.9. The number of para-hydroxylation sites is 2. The van der Waals surface area contributed by atoms with Crippen molar-refractivity contribution in [3.05, 3.63) is 126 Å². The second-order valence-electron chi connectivity index (χ2n) is 9.35. The number of imidazole rings is 1. The van der Waals surface area contributed by atoms with Crippen LogP contribution in [0, 0.1) is 0 Å². The Kier molecular flexibility index (Phi) is 5.14. The van der Waals surface area contributed by atoms with Crippen molar-refractivity contribution in [2.24, 2.45) is 0 Å². The summed E-state index contributed by atoms with van der Waals surface area (Å²) in [4.78, 5) is 5.11. The first-order valence-electron chi connectivity index (χ1n) is 11.2. The van der Waals surface area contributed by atoms with Crippen LogP contribution in [0.4, 0.5) is 0 Å². The molecule has 0 unspecified atom stereocenters. The third kappa shape index (κ3) is 3.73. The maximum Gasteiger partial charge on any atom is 0.141 e. The Morgan fingerprint density at radius 3 is 1.72 bits per heavy atom. The van der Waals surface area contributed by atoms with Crippen LogP contribution in [0.25, 0.3) is 22.4 Å². The van der Waals surface area contributed by atoms with Gasteiger partial charge in [-0.15, -0.1) is 0 Å². The van der Waals surface area contributed by atoms with E-state index in [2.05, 4.69) is 135 Å². The molecule has 0 saturated carbocycles. The van der Waals surface area contributed by atoms with E-state index >= 15 is 0 Å². The third-order valence-electron chi connectivity index (χ3n) is 6.09. The Morgan fingerprint density at radius 2 is 1.16 bits per heavy atom. The average Bonchev–Trinajstić information content (AvgIpc) is 3.20. The molecule has 1 aromatic heterocycles. The lowest BCUT2D eigenvalue weighted by molar-refractivity contribution is 0.590. The summed E-state index contributed by atoms with van der Waals surface area (Å²) < 4.78 is 2.39. The van der Waals surface area contributed by atoms with E-state index in [4.69, 9.17) is 4.98 Å². The van der Waals surface area contributed by atoms with E-state index in [0.717, 1.165) is 22.4 Å². The van der Waals surface area contributed by atoms with E-state index < -0.39 is 0 Å².